The molecule has 1 aliphatic rings. The van der Waals surface area contributed by atoms with E-state index in [1.165, 1.54) is 0 Å². The monoisotopic (exact) mass is 143 g/mol. The van der Waals surface area contributed by atoms with E-state index in [1.54, 1.807) is 0 Å². The molecule has 0 aliphatic heterocycles. The fraction of sp³-hybridized carbons (Fsp3) is 1.00. The summed E-state index contributed by atoms with van der Waals surface area (Å²) in [5.74, 6) is 1.63. The van der Waals surface area contributed by atoms with Gasteiger partial charge in [-0.15, -0.1) is 0 Å². The minimum atomic E-state index is 0.305. The predicted octanol–water partition coefficient (Wildman–Crippen LogP) is 0.598. The Balaban J connectivity index is 2.53. The van der Waals surface area contributed by atoms with E-state index in [4.69, 9.17) is 10.8 Å². The normalized spacial score (nSPS) is 48.0. The van der Waals surface area contributed by atoms with Gasteiger partial charge in [0.1, 0.15) is 0 Å². The zero-order valence-electron chi connectivity index (χ0n) is 6.75. The number of aliphatic hydroxyl groups excluding tert-OH is 1. The highest BCUT2D eigenvalue weighted by Crippen LogP contribution is 2.34. The lowest BCUT2D eigenvalue weighted by atomic mass is 9.93. The first kappa shape index (κ1) is 8.02. The van der Waals surface area contributed by atoms with E-state index in [1.807, 2.05) is 0 Å². The van der Waals surface area contributed by atoms with Crippen LogP contribution in [0.25, 0.3) is 0 Å². The molecule has 2 heteroatoms. The number of hydrogen-bond donors (Lipinski definition) is 2. The molecular formula is C8H17NO. The third kappa shape index (κ3) is 1.18. The van der Waals surface area contributed by atoms with Gasteiger partial charge in [0.15, 0.2) is 0 Å². The van der Waals surface area contributed by atoms with Crippen molar-refractivity contribution >= 4 is 0 Å². The molecule has 0 amide bonds. The lowest BCUT2D eigenvalue weighted by Gasteiger charge is -2.15. The van der Waals surface area contributed by atoms with E-state index < -0.39 is 0 Å². The summed E-state index contributed by atoms with van der Waals surface area (Å²) in [5, 5.41) is 8.92. The molecular weight excluding hydrogens is 126 g/mol. The zero-order chi connectivity index (χ0) is 7.72. The van der Waals surface area contributed by atoms with Crippen LogP contribution in [0.2, 0.25) is 0 Å². The summed E-state index contributed by atoms with van der Waals surface area (Å²) in [7, 11) is 0. The molecule has 10 heavy (non-hydrogen) atoms. The lowest BCUT2D eigenvalue weighted by molar-refractivity contribution is 0.191. The van der Waals surface area contributed by atoms with Crippen LogP contribution in [-0.2, 0) is 0 Å². The van der Waals surface area contributed by atoms with Crippen LogP contribution in [0, 0.1) is 17.8 Å². The first-order valence-corrected chi connectivity index (χ1v) is 4.03. The molecule has 1 rings (SSSR count). The van der Waals surface area contributed by atoms with Gasteiger partial charge < -0.3 is 10.8 Å². The van der Waals surface area contributed by atoms with E-state index in [9.17, 15) is 0 Å². The van der Waals surface area contributed by atoms with E-state index >= 15 is 0 Å². The van der Waals surface area contributed by atoms with Gasteiger partial charge in [-0.25, -0.2) is 0 Å². The molecule has 0 saturated heterocycles. The molecule has 1 aliphatic carbocycles. The molecule has 0 aromatic carbocycles. The van der Waals surface area contributed by atoms with Crippen molar-refractivity contribution in [1.82, 2.24) is 0 Å². The van der Waals surface area contributed by atoms with E-state index in [-0.39, 0.29) is 0 Å². The molecule has 0 bridgehead atoms. The number of nitrogens with two attached hydrogens (primary N) is 1. The fourth-order valence-electron chi connectivity index (χ4n) is 1.84. The Morgan fingerprint density at radius 2 is 2.00 bits per heavy atom. The van der Waals surface area contributed by atoms with Crippen LogP contribution in [0.4, 0.5) is 0 Å². The van der Waals surface area contributed by atoms with Gasteiger partial charge in [0.2, 0.25) is 0 Å². The smallest absolute Gasteiger partial charge is 0.0462 e. The molecule has 0 aromatic heterocycles. The molecule has 0 radical (unpaired) electrons. The number of hydrogen-bond acceptors (Lipinski definition) is 2. The second-order valence-electron chi connectivity index (χ2n) is 3.56. The topological polar surface area (TPSA) is 46.2 Å². The summed E-state index contributed by atoms with van der Waals surface area (Å²) in [4.78, 5) is 0. The summed E-state index contributed by atoms with van der Waals surface area (Å²) in [6, 6.07) is 0.312. The summed E-state index contributed by atoms with van der Waals surface area (Å²) in [5.41, 5.74) is 5.82. The third-order valence-electron chi connectivity index (χ3n) is 3.06. The van der Waals surface area contributed by atoms with Crippen LogP contribution in [-0.4, -0.2) is 17.8 Å². The molecule has 1 fully saturated rings. The highest BCUT2D eigenvalue weighted by Gasteiger charge is 2.34. The minimum absolute atomic E-state index is 0.305. The van der Waals surface area contributed by atoms with Crippen LogP contribution in [0.15, 0.2) is 0 Å². The molecule has 0 aromatic rings. The van der Waals surface area contributed by atoms with E-state index in [0.717, 1.165) is 6.42 Å². The molecule has 2 nitrogen and oxygen atoms in total. The number of rotatable bonds is 1. The molecule has 4 unspecified atom stereocenters. The average Bonchev–Trinajstić information content (AvgIpc) is 2.17. The van der Waals surface area contributed by atoms with E-state index in [0.29, 0.717) is 30.4 Å². The molecule has 60 valence electrons. The van der Waals surface area contributed by atoms with Crippen LogP contribution in [0.3, 0.4) is 0 Å². The highest BCUT2D eigenvalue weighted by molar-refractivity contribution is 4.88. The SMILES string of the molecule is CC1C(N)CC(CO)C1C. The maximum atomic E-state index is 8.92. The molecule has 0 heterocycles. The summed E-state index contributed by atoms with van der Waals surface area (Å²) < 4.78 is 0. The van der Waals surface area contributed by atoms with Crippen LogP contribution < -0.4 is 5.73 Å². The minimum Gasteiger partial charge on any atom is -0.396 e. The standard InChI is InChI=1S/C8H17NO/c1-5-6(2)8(9)3-7(5)4-10/h5-8,10H,3-4,9H2,1-2H3. The molecule has 3 N–H and O–H groups in total. The van der Waals surface area contributed by atoms with Crippen molar-refractivity contribution < 1.29 is 5.11 Å². The van der Waals surface area contributed by atoms with Crippen molar-refractivity contribution in [3.8, 4) is 0 Å². The average molecular weight is 143 g/mol. The van der Waals surface area contributed by atoms with Crippen molar-refractivity contribution in [2.75, 3.05) is 6.61 Å². The predicted molar refractivity (Wildman–Crippen MR) is 41.5 cm³/mol. The van der Waals surface area contributed by atoms with Crippen LogP contribution >= 0.6 is 0 Å². The Bertz CT molecular complexity index is 116. The van der Waals surface area contributed by atoms with Gasteiger partial charge in [-0.2, -0.15) is 0 Å². The first-order valence-electron chi connectivity index (χ1n) is 4.03. The lowest BCUT2D eigenvalue weighted by Crippen LogP contribution is -2.24. The maximum absolute atomic E-state index is 8.92. The van der Waals surface area contributed by atoms with Crippen molar-refractivity contribution in [3.63, 3.8) is 0 Å². The molecule has 0 spiro atoms. The summed E-state index contributed by atoms with van der Waals surface area (Å²) in [6.45, 7) is 4.66. The Labute approximate surface area is 62.4 Å². The van der Waals surface area contributed by atoms with Gasteiger partial charge in [0.05, 0.1) is 0 Å². The summed E-state index contributed by atoms with van der Waals surface area (Å²) >= 11 is 0. The second-order valence-corrected chi connectivity index (χ2v) is 3.56. The molecule has 1 saturated carbocycles. The van der Waals surface area contributed by atoms with Crippen molar-refractivity contribution in [3.05, 3.63) is 0 Å². The Hall–Kier alpha value is -0.0800. The Morgan fingerprint density at radius 3 is 2.20 bits per heavy atom. The maximum Gasteiger partial charge on any atom is 0.0462 e. The van der Waals surface area contributed by atoms with Crippen molar-refractivity contribution in [2.45, 2.75) is 26.3 Å². The van der Waals surface area contributed by atoms with Crippen LogP contribution in [0.5, 0.6) is 0 Å². The second kappa shape index (κ2) is 2.89. The van der Waals surface area contributed by atoms with Crippen molar-refractivity contribution in [2.24, 2.45) is 23.5 Å². The van der Waals surface area contributed by atoms with Crippen molar-refractivity contribution in [1.29, 1.82) is 0 Å². The quantitative estimate of drug-likeness (QED) is 0.564. The largest absolute Gasteiger partial charge is 0.396 e. The molecule has 4 atom stereocenters. The third-order valence-corrected chi connectivity index (χ3v) is 3.06. The number of aliphatic hydroxyl groups is 1. The summed E-state index contributed by atoms with van der Waals surface area (Å²) in [6.07, 6.45) is 0.999. The Morgan fingerprint density at radius 1 is 1.40 bits per heavy atom. The van der Waals surface area contributed by atoms with E-state index in [2.05, 4.69) is 13.8 Å². The Kier molecular flexibility index (Phi) is 2.32. The zero-order valence-corrected chi connectivity index (χ0v) is 6.75. The first-order chi connectivity index (χ1) is 4.66. The fourth-order valence-corrected chi connectivity index (χ4v) is 1.84. The van der Waals surface area contributed by atoms with Gasteiger partial charge >= 0.3 is 0 Å². The van der Waals surface area contributed by atoms with Gasteiger partial charge in [0.25, 0.3) is 0 Å². The van der Waals surface area contributed by atoms with Gasteiger partial charge in [-0.05, 0) is 24.2 Å². The highest BCUT2D eigenvalue weighted by atomic mass is 16.3. The van der Waals surface area contributed by atoms with Gasteiger partial charge in [-0.3, -0.25) is 0 Å². The van der Waals surface area contributed by atoms with Gasteiger partial charge in [-0.1, -0.05) is 13.8 Å². The van der Waals surface area contributed by atoms with Crippen LogP contribution in [0.1, 0.15) is 20.3 Å². The van der Waals surface area contributed by atoms with Gasteiger partial charge in [0, 0.05) is 12.6 Å².